The average molecular weight is 328 g/mol. The molecule has 2 aromatic carbocycles. The quantitative estimate of drug-likeness (QED) is 0.612. The molecule has 0 fully saturated rings. The van der Waals surface area contributed by atoms with Gasteiger partial charge in [-0.1, -0.05) is 13.3 Å². The highest BCUT2D eigenvalue weighted by atomic mass is 16.7. The zero-order chi connectivity index (χ0) is 16.9. The van der Waals surface area contributed by atoms with Gasteiger partial charge in [0.05, 0.1) is 19.3 Å². The average Bonchev–Trinajstić information content (AvgIpc) is 2.79. The molecule has 0 unspecified atom stereocenters. The van der Waals surface area contributed by atoms with Crippen LogP contribution < -0.4 is 14.2 Å². The van der Waals surface area contributed by atoms with Gasteiger partial charge in [0.15, 0.2) is 0 Å². The molecule has 126 valence electrons. The molecular formula is C19H20O5. The van der Waals surface area contributed by atoms with Crippen molar-refractivity contribution in [1.82, 2.24) is 0 Å². The van der Waals surface area contributed by atoms with Crippen molar-refractivity contribution in [3.05, 3.63) is 42.0 Å². The van der Waals surface area contributed by atoms with Crippen LogP contribution in [-0.2, 0) is 4.74 Å². The van der Waals surface area contributed by atoms with Gasteiger partial charge in [-0.3, -0.25) is 0 Å². The van der Waals surface area contributed by atoms with E-state index in [1.807, 2.05) is 18.2 Å². The Morgan fingerprint density at radius 1 is 1.08 bits per heavy atom. The SMILES string of the molecule is CCCCOc1ccc2c(c1)OCOc1ccc(C(=O)OC)cc1-2. The number of esters is 1. The molecule has 24 heavy (non-hydrogen) atoms. The summed E-state index contributed by atoms with van der Waals surface area (Å²) >= 11 is 0. The van der Waals surface area contributed by atoms with E-state index in [2.05, 4.69) is 6.92 Å². The number of carbonyl (C=O) groups is 1. The Morgan fingerprint density at radius 2 is 1.92 bits per heavy atom. The molecule has 0 N–H and O–H groups in total. The molecular weight excluding hydrogens is 308 g/mol. The fourth-order valence-corrected chi connectivity index (χ4v) is 2.54. The van der Waals surface area contributed by atoms with Crippen LogP contribution in [0.3, 0.4) is 0 Å². The predicted molar refractivity (Wildman–Crippen MR) is 89.7 cm³/mol. The van der Waals surface area contributed by atoms with Crippen LogP contribution in [0.25, 0.3) is 11.1 Å². The lowest BCUT2D eigenvalue weighted by atomic mass is 10.0. The fraction of sp³-hybridized carbons (Fsp3) is 0.316. The number of benzene rings is 2. The van der Waals surface area contributed by atoms with Gasteiger partial charge >= 0.3 is 5.97 Å². The Hall–Kier alpha value is -2.69. The second-order valence-electron chi connectivity index (χ2n) is 5.47. The highest BCUT2D eigenvalue weighted by molar-refractivity contribution is 5.92. The number of rotatable bonds is 5. The zero-order valence-corrected chi connectivity index (χ0v) is 13.8. The van der Waals surface area contributed by atoms with E-state index in [9.17, 15) is 4.79 Å². The molecule has 0 saturated carbocycles. The van der Waals surface area contributed by atoms with Gasteiger partial charge in [0.1, 0.15) is 17.2 Å². The molecule has 0 saturated heterocycles. The van der Waals surface area contributed by atoms with Crippen molar-refractivity contribution in [2.45, 2.75) is 19.8 Å². The smallest absolute Gasteiger partial charge is 0.337 e. The van der Waals surface area contributed by atoms with Crippen LogP contribution >= 0.6 is 0 Å². The van der Waals surface area contributed by atoms with Gasteiger partial charge in [0, 0.05) is 17.2 Å². The highest BCUT2D eigenvalue weighted by Crippen LogP contribution is 2.41. The number of fused-ring (bicyclic) bond motifs is 3. The Bertz CT molecular complexity index is 739. The van der Waals surface area contributed by atoms with Gasteiger partial charge in [-0.15, -0.1) is 0 Å². The number of methoxy groups -OCH3 is 1. The van der Waals surface area contributed by atoms with E-state index < -0.39 is 0 Å². The normalized spacial score (nSPS) is 12.1. The highest BCUT2D eigenvalue weighted by Gasteiger charge is 2.19. The molecule has 0 spiro atoms. The lowest BCUT2D eigenvalue weighted by Crippen LogP contribution is -2.04. The van der Waals surface area contributed by atoms with Crippen LogP contribution in [0, 0.1) is 0 Å². The minimum atomic E-state index is -0.385. The van der Waals surface area contributed by atoms with E-state index in [4.69, 9.17) is 18.9 Å². The van der Waals surface area contributed by atoms with Crippen molar-refractivity contribution in [3.63, 3.8) is 0 Å². The summed E-state index contributed by atoms with van der Waals surface area (Å²) in [5.41, 5.74) is 2.12. The molecule has 0 bridgehead atoms. The Morgan fingerprint density at radius 3 is 2.71 bits per heavy atom. The zero-order valence-electron chi connectivity index (χ0n) is 13.8. The van der Waals surface area contributed by atoms with Crippen LogP contribution in [0.2, 0.25) is 0 Å². The second-order valence-corrected chi connectivity index (χ2v) is 5.47. The van der Waals surface area contributed by atoms with Crippen LogP contribution in [0.15, 0.2) is 36.4 Å². The molecule has 5 heteroatoms. The first-order chi connectivity index (χ1) is 11.7. The summed E-state index contributed by atoms with van der Waals surface area (Å²) in [4.78, 5) is 11.8. The molecule has 1 aliphatic heterocycles. The van der Waals surface area contributed by atoms with Crippen molar-refractivity contribution in [1.29, 1.82) is 0 Å². The molecule has 1 heterocycles. The molecule has 1 aliphatic rings. The second kappa shape index (κ2) is 7.25. The number of hydrogen-bond donors (Lipinski definition) is 0. The molecule has 0 aliphatic carbocycles. The molecule has 0 amide bonds. The van der Waals surface area contributed by atoms with Crippen molar-refractivity contribution in [3.8, 4) is 28.4 Å². The van der Waals surface area contributed by atoms with E-state index >= 15 is 0 Å². The van der Waals surface area contributed by atoms with Gasteiger partial charge < -0.3 is 18.9 Å². The van der Waals surface area contributed by atoms with Crippen LogP contribution in [0.1, 0.15) is 30.1 Å². The lowest BCUT2D eigenvalue weighted by molar-refractivity contribution is 0.0600. The summed E-state index contributed by atoms with van der Waals surface area (Å²) in [6.45, 7) is 2.90. The van der Waals surface area contributed by atoms with Crippen molar-refractivity contribution in [2.75, 3.05) is 20.5 Å². The summed E-state index contributed by atoms with van der Waals surface area (Å²) in [5.74, 6) is 1.71. The molecule has 5 nitrogen and oxygen atoms in total. The van der Waals surface area contributed by atoms with E-state index in [0.717, 1.165) is 29.7 Å². The molecule has 0 atom stereocenters. The topological polar surface area (TPSA) is 54.0 Å². The minimum absolute atomic E-state index is 0.107. The molecule has 0 aromatic heterocycles. The van der Waals surface area contributed by atoms with Crippen LogP contribution in [0.5, 0.6) is 17.2 Å². The minimum Gasteiger partial charge on any atom is -0.493 e. The van der Waals surface area contributed by atoms with Crippen LogP contribution in [0.4, 0.5) is 0 Å². The van der Waals surface area contributed by atoms with Gasteiger partial charge in [0.25, 0.3) is 0 Å². The predicted octanol–water partition coefficient (Wildman–Crippen LogP) is 4.05. The third-order valence-corrected chi connectivity index (χ3v) is 3.84. The summed E-state index contributed by atoms with van der Waals surface area (Å²) in [7, 11) is 1.36. The number of hydrogen-bond acceptors (Lipinski definition) is 5. The summed E-state index contributed by atoms with van der Waals surface area (Å²) in [6, 6.07) is 10.9. The molecule has 3 rings (SSSR count). The van der Waals surface area contributed by atoms with Crippen molar-refractivity contribution < 1.29 is 23.7 Å². The maximum atomic E-state index is 11.8. The Labute approximate surface area is 141 Å². The van der Waals surface area contributed by atoms with Gasteiger partial charge in [-0.05, 0) is 36.8 Å². The summed E-state index contributed by atoms with van der Waals surface area (Å²) < 4.78 is 21.8. The Balaban J connectivity index is 1.96. The van der Waals surface area contributed by atoms with Gasteiger partial charge in [0.2, 0.25) is 6.79 Å². The first kappa shape index (κ1) is 16.2. The first-order valence-electron chi connectivity index (χ1n) is 7.98. The maximum Gasteiger partial charge on any atom is 0.337 e. The molecule has 2 aromatic rings. The Kier molecular flexibility index (Phi) is 4.89. The van der Waals surface area contributed by atoms with Gasteiger partial charge in [-0.25, -0.2) is 4.79 Å². The number of ether oxygens (including phenoxy) is 4. The fourth-order valence-electron chi connectivity index (χ4n) is 2.54. The van der Waals surface area contributed by atoms with E-state index in [1.165, 1.54) is 7.11 Å². The van der Waals surface area contributed by atoms with Crippen molar-refractivity contribution in [2.24, 2.45) is 0 Å². The van der Waals surface area contributed by atoms with Gasteiger partial charge in [-0.2, -0.15) is 0 Å². The van der Waals surface area contributed by atoms with Crippen molar-refractivity contribution >= 4 is 5.97 Å². The first-order valence-corrected chi connectivity index (χ1v) is 7.98. The van der Waals surface area contributed by atoms with E-state index in [-0.39, 0.29) is 12.8 Å². The van der Waals surface area contributed by atoms with E-state index in [1.54, 1.807) is 18.2 Å². The van der Waals surface area contributed by atoms with E-state index in [0.29, 0.717) is 23.7 Å². The standard InChI is InChI=1S/C19H20O5/c1-3-4-9-22-14-6-7-15-16-10-13(19(20)21-2)5-8-17(16)23-12-24-18(15)11-14/h5-8,10-11H,3-4,9,12H2,1-2H3. The third kappa shape index (κ3) is 3.30. The number of carbonyl (C=O) groups excluding carboxylic acids is 1. The third-order valence-electron chi connectivity index (χ3n) is 3.84. The lowest BCUT2D eigenvalue weighted by Gasteiger charge is -2.11. The summed E-state index contributed by atoms with van der Waals surface area (Å²) in [5, 5.41) is 0. The van der Waals surface area contributed by atoms with Crippen LogP contribution in [-0.4, -0.2) is 26.5 Å². The maximum absolute atomic E-state index is 11.8. The number of unbranched alkanes of at least 4 members (excludes halogenated alkanes) is 1. The molecule has 0 radical (unpaired) electrons. The largest absolute Gasteiger partial charge is 0.493 e. The summed E-state index contributed by atoms with van der Waals surface area (Å²) in [6.07, 6.45) is 2.09. The monoisotopic (exact) mass is 328 g/mol.